The number of rotatable bonds is 4. The summed E-state index contributed by atoms with van der Waals surface area (Å²) < 4.78 is 15.8. The molecular formula is C23H20FN5O2. The molecule has 0 saturated carbocycles. The van der Waals surface area contributed by atoms with E-state index < -0.39 is 11.7 Å². The number of aromatic amines is 1. The molecule has 3 N–H and O–H groups in total. The molecule has 31 heavy (non-hydrogen) atoms. The number of aromatic nitrogens is 3. The van der Waals surface area contributed by atoms with Crippen LogP contribution in [0.2, 0.25) is 0 Å². The van der Waals surface area contributed by atoms with Crippen molar-refractivity contribution in [3.63, 3.8) is 0 Å². The Hall–Kier alpha value is -3.94. The molecule has 0 unspecified atom stereocenters. The van der Waals surface area contributed by atoms with Crippen LogP contribution in [0.5, 0.6) is 0 Å². The van der Waals surface area contributed by atoms with Gasteiger partial charge in [-0.2, -0.15) is 5.10 Å². The van der Waals surface area contributed by atoms with E-state index in [1.165, 1.54) is 10.7 Å². The van der Waals surface area contributed by atoms with Crippen molar-refractivity contribution in [1.82, 2.24) is 25.6 Å². The predicted molar refractivity (Wildman–Crippen MR) is 113 cm³/mol. The number of hydrazine groups is 1. The van der Waals surface area contributed by atoms with Crippen molar-refractivity contribution >= 4 is 22.7 Å². The number of amides is 2. The lowest BCUT2D eigenvalue weighted by molar-refractivity contribution is -0.121. The van der Waals surface area contributed by atoms with E-state index in [4.69, 9.17) is 0 Å². The summed E-state index contributed by atoms with van der Waals surface area (Å²) >= 11 is 0. The summed E-state index contributed by atoms with van der Waals surface area (Å²) in [6, 6.07) is 14.0. The van der Waals surface area contributed by atoms with Gasteiger partial charge in [0, 0.05) is 28.4 Å². The van der Waals surface area contributed by atoms with Crippen molar-refractivity contribution in [1.29, 1.82) is 0 Å². The number of hydrogen-bond acceptors (Lipinski definition) is 3. The Morgan fingerprint density at radius 2 is 1.87 bits per heavy atom. The zero-order valence-electron chi connectivity index (χ0n) is 16.6. The van der Waals surface area contributed by atoms with Crippen LogP contribution in [0.25, 0.3) is 16.6 Å². The second-order valence-corrected chi connectivity index (χ2v) is 7.53. The Bertz CT molecular complexity index is 1310. The summed E-state index contributed by atoms with van der Waals surface area (Å²) in [5.41, 5.74) is 8.85. The number of halogens is 1. The molecule has 2 heterocycles. The molecule has 0 fully saturated rings. The van der Waals surface area contributed by atoms with Gasteiger partial charge in [-0.15, -0.1) is 0 Å². The number of nitrogens with zero attached hydrogens (tertiary/aromatic N) is 2. The summed E-state index contributed by atoms with van der Waals surface area (Å²) in [6.07, 6.45) is 4.18. The van der Waals surface area contributed by atoms with Gasteiger partial charge in [0.2, 0.25) is 5.91 Å². The van der Waals surface area contributed by atoms with Crippen molar-refractivity contribution in [2.45, 2.75) is 25.7 Å². The Kier molecular flexibility index (Phi) is 4.74. The highest BCUT2D eigenvalue weighted by Gasteiger charge is 2.28. The minimum Gasteiger partial charge on any atom is -0.361 e. The number of para-hydroxylation sites is 2. The van der Waals surface area contributed by atoms with Gasteiger partial charge in [0.15, 0.2) is 5.69 Å². The molecule has 4 aromatic rings. The van der Waals surface area contributed by atoms with Gasteiger partial charge in [-0.05, 0) is 43.0 Å². The van der Waals surface area contributed by atoms with E-state index in [-0.39, 0.29) is 18.0 Å². The molecule has 2 amide bonds. The highest BCUT2D eigenvalue weighted by atomic mass is 19.1. The van der Waals surface area contributed by atoms with Gasteiger partial charge in [-0.25, -0.2) is 9.07 Å². The van der Waals surface area contributed by atoms with Crippen LogP contribution in [-0.2, 0) is 24.1 Å². The topological polar surface area (TPSA) is 91.8 Å². The Morgan fingerprint density at radius 3 is 2.74 bits per heavy atom. The van der Waals surface area contributed by atoms with E-state index in [9.17, 15) is 14.0 Å². The molecule has 8 heteroatoms. The smallest absolute Gasteiger partial charge is 0.290 e. The molecule has 0 radical (unpaired) electrons. The fourth-order valence-corrected chi connectivity index (χ4v) is 4.12. The summed E-state index contributed by atoms with van der Waals surface area (Å²) in [6.45, 7) is 0. The van der Waals surface area contributed by atoms with Crippen LogP contribution in [0.4, 0.5) is 4.39 Å². The fraction of sp³-hybridized carbons (Fsp3) is 0.174. The first-order valence-corrected chi connectivity index (χ1v) is 10.1. The molecule has 2 aromatic carbocycles. The Balaban J connectivity index is 1.31. The van der Waals surface area contributed by atoms with Crippen LogP contribution >= 0.6 is 0 Å². The van der Waals surface area contributed by atoms with Gasteiger partial charge in [0.1, 0.15) is 11.5 Å². The van der Waals surface area contributed by atoms with E-state index >= 15 is 0 Å². The molecule has 1 aliphatic carbocycles. The lowest BCUT2D eigenvalue weighted by Gasteiger charge is -2.07. The van der Waals surface area contributed by atoms with E-state index in [1.807, 2.05) is 24.3 Å². The lowest BCUT2D eigenvalue weighted by Crippen LogP contribution is -2.42. The molecule has 156 valence electrons. The van der Waals surface area contributed by atoms with Crippen molar-refractivity contribution in [3.05, 3.63) is 83.1 Å². The van der Waals surface area contributed by atoms with Gasteiger partial charge >= 0.3 is 0 Å². The zero-order chi connectivity index (χ0) is 21.4. The van der Waals surface area contributed by atoms with Crippen molar-refractivity contribution in [2.24, 2.45) is 0 Å². The molecular weight excluding hydrogens is 397 g/mol. The van der Waals surface area contributed by atoms with Gasteiger partial charge in [0.05, 0.1) is 6.42 Å². The molecule has 0 bridgehead atoms. The van der Waals surface area contributed by atoms with Crippen molar-refractivity contribution in [3.8, 4) is 5.69 Å². The summed E-state index contributed by atoms with van der Waals surface area (Å²) in [4.78, 5) is 28.3. The highest BCUT2D eigenvalue weighted by molar-refractivity contribution is 5.96. The van der Waals surface area contributed by atoms with Crippen LogP contribution in [0.3, 0.4) is 0 Å². The van der Waals surface area contributed by atoms with E-state index in [0.29, 0.717) is 12.1 Å². The van der Waals surface area contributed by atoms with E-state index in [1.54, 1.807) is 24.4 Å². The van der Waals surface area contributed by atoms with Gasteiger partial charge in [-0.3, -0.25) is 20.4 Å². The van der Waals surface area contributed by atoms with Gasteiger partial charge < -0.3 is 4.98 Å². The maximum atomic E-state index is 14.3. The summed E-state index contributed by atoms with van der Waals surface area (Å²) in [5.74, 6) is -1.26. The number of carbonyl (C=O) groups is 2. The average molecular weight is 417 g/mol. The molecule has 0 atom stereocenters. The number of carbonyl (C=O) groups excluding carboxylic acids is 2. The van der Waals surface area contributed by atoms with Crippen molar-refractivity contribution < 1.29 is 14.0 Å². The SMILES string of the molecule is O=C(Cc1c[nH]c2ccccc12)NNC(=O)c1nn(-c2ccccc2F)c2c1CCC2. The van der Waals surface area contributed by atoms with E-state index in [0.717, 1.165) is 40.6 Å². The Labute approximate surface area is 177 Å². The minimum absolute atomic E-state index is 0.117. The number of fused-ring (bicyclic) bond motifs is 2. The average Bonchev–Trinajstić information content (AvgIpc) is 3.49. The number of H-pyrrole nitrogens is 1. The quantitative estimate of drug-likeness (QED) is 0.446. The first-order chi connectivity index (χ1) is 15.1. The van der Waals surface area contributed by atoms with Gasteiger partial charge in [0.25, 0.3) is 5.91 Å². The summed E-state index contributed by atoms with van der Waals surface area (Å²) in [7, 11) is 0. The fourth-order valence-electron chi connectivity index (χ4n) is 4.12. The first-order valence-electron chi connectivity index (χ1n) is 10.1. The third-order valence-electron chi connectivity index (χ3n) is 5.57. The molecule has 5 rings (SSSR count). The third kappa shape index (κ3) is 3.46. The van der Waals surface area contributed by atoms with E-state index in [2.05, 4.69) is 20.9 Å². The number of hydrogen-bond donors (Lipinski definition) is 3. The second kappa shape index (κ2) is 7.71. The number of nitrogens with one attached hydrogen (secondary N) is 3. The minimum atomic E-state index is -0.513. The predicted octanol–water partition coefficient (Wildman–Crippen LogP) is 2.99. The molecule has 0 aliphatic heterocycles. The largest absolute Gasteiger partial charge is 0.361 e. The molecule has 1 aliphatic rings. The maximum absolute atomic E-state index is 14.3. The number of benzene rings is 2. The molecule has 2 aromatic heterocycles. The zero-order valence-corrected chi connectivity index (χ0v) is 16.6. The normalized spacial score (nSPS) is 12.7. The van der Waals surface area contributed by atoms with Crippen LogP contribution in [0.1, 0.15) is 33.7 Å². The first kappa shape index (κ1) is 19.0. The Morgan fingerprint density at radius 1 is 1.06 bits per heavy atom. The standard InChI is InChI=1S/C23H20FN5O2/c24-17-8-2-4-10-20(17)29-19-11-5-7-16(19)22(28-29)23(31)27-26-21(30)12-14-13-25-18-9-3-1-6-15(14)18/h1-4,6,8-10,13,25H,5,7,11-12H2,(H,26,30)(H,27,31). The summed E-state index contributed by atoms with van der Waals surface area (Å²) in [5, 5.41) is 5.33. The lowest BCUT2D eigenvalue weighted by atomic mass is 10.1. The van der Waals surface area contributed by atoms with Crippen molar-refractivity contribution in [2.75, 3.05) is 0 Å². The monoisotopic (exact) mass is 417 g/mol. The molecule has 7 nitrogen and oxygen atoms in total. The van der Waals surface area contributed by atoms with Crippen LogP contribution in [-0.4, -0.2) is 26.6 Å². The van der Waals surface area contributed by atoms with Crippen LogP contribution < -0.4 is 10.9 Å². The third-order valence-corrected chi connectivity index (χ3v) is 5.57. The van der Waals surface area contributed by atoms with Crippen LogP contribution in [0, 0.1) is 5.82 Å². The van der Waals surface area contributed by atoms with Gasteiger partial charge in [-0.1, -0.05) is 30.3 Å². The highest BCUT2D eigenvalue weighted by Crippen LogP contribution is 2.28. The maximum Gasteiger partial charge on any atom is 0.290 e. The molecule has 0 saturated heterocycles. The second-order valence-electron chi connectivity index (χ2n) is 7.53. The molecule has 0 spiro atoms. The van der Waals surface area contributed by atoms with Crippen LogP contribution in [0.15, 0.2) is 54.7 Å².